The molecule has 1 saturated heterocycles. The summed E-state index contributed by atoms with van der Waals surface area (Å²) in [6.07, 6.45) is 1.45. The first-order chi connectivity index (χ1) is 10.5. The van der Waals surface area contributed by atoms with Crippen molar-refractivity contribution in [3.63, 3.8) is 0 Å². The van der Waals surface area contributed by atoms with Gasteiger partial charge in [-0.05, 0) is 30.4 Å². The van der Waals surface area contributed by atoms with Crippen LogP contribution in [0.1, 0.15) is 23.8 Å². The van der Waals surface area contributed by atoms with E-state index in [1.165, 1.54) is 10.4 Å². The van der Waals surface area contributed by atoms with Crippen LogP contribution >= 0.6 is 11.3 Å². The fraction of sp³-hybridized carbons (Fsp3) is 0.625. The summed E-state index contributed by atoms with van der Waals surface area (Å²) in [4.78, 5) is 29.2. The third-order valence-corrected chi connectivity index (χ3v) is 5.77. The lowest BCUT2D eigenvalue weighted by Crippen LogP contribution is -2.45. The highest BCUT2D eigenvalue weighted by atomic mass is 32.1. The monoisotopic (exact) mass is 321 g/mol. The maximum absolute atomic E-state index is 12.2. The number of hydrogen-bond acceptors (Lipinski definition) is 4. The zero-order chi connectivity index (χ0) is 15.7. The van der Waals surface area contributed by atoms with E-state index in [9.17, 15) is 9.59 Å². The van der Waals surface area contributed by atoms with Crippen LogP contribution in [0.25, 0.3) is 0 Å². The smallest absolute Gasteiger partial charge is 0.225 e. The molecule has 0 aromatic carbocycles. The molecular formula is C16H23N3O2S. The van der Waals surface area contributed by atoms with Gasteiger partial charge < -0.3 is 10.2 Å². The average Bonchev–Trinajstić information content (AvgIpc) is 3.10. The van der Waals surface area contributed by atoms with Crippen LogP contribution in [0, 0.1) is 5.92 Å². The minimum Gasteiger partial charge on any atom is -0.354 e. The minimum atomic E-state index is -0.186. The number of nitrogens with one attached hydrogen (secondary N) is 1. The molecule has 1 aromatic heterocycles. The molecule has 3 heterocycles. The number of nitrogens with zero attached hydrogens (tertiary/aromatic N) is 2. The Morgan fingerprint density at radius 1 is 1.55 bits per heavy atom. The molecule has 2 amide bonds. The highest BCUT2D eigenvalue weighted by molar-refractivity contribution is 7.10. The fourth-order valence-electron chi connectivity index (χ4n) is 3.21. The van der Waals surface area contributed by atoms with Crippen LogP contribution in [0.4, 0.5) is 0 Å². The fourth-order valence-corrected chi connectivity index (χ4v) is 4.10. The van der Waals surface area contributed by atoms with Crippen LogP contribution in [0.3, 0.4) is 0 Å². The van der Waals surface area contributed by atoms with Gasteiger partial charge in [0.1, 0.15) is 0 Å². The molecule has 2 unspecified atom stereocenters. The number of amides is 2. The highest BCUT2D eigenvalue weighted by Gasteiger charge is 2.32. The highest BCUT2D eigenvalue weighted by Crippen LogP contribution is 2.25. The molecule has 3 rings (SSSR count). The van der Waals surface area contributed by atoms with Gasteiger partial charge in [-0.25, -0.2) is 0 Å². The van der Waals surface area contributed by atoms with Crippen molar-refractivity contribution in [2.24, 2.45) is 5.92 Å². The largest absolute Gasteiger partial charge is 0.354 e. The predicted molar refractivity (Wildman–Crippen MR) is 86.6 cm³/mol. The Bertz CT molecular complexity index is 571. The average molecular weight is 321 g/mol. The second kappa shape index (κ2) is 6.38. The maximum Gasteiger partial charge on any atom is 0.225 e. The van der Waals surface area contributed by atoms with Gasteiger partial charge in [-0.3, -0.25) is 14.5 Å². The molecule has 120 valence electrons. The van der Waals surface area contributed by atoms with Crippen LogP contribution in [0.5, 0.6) is 0 Å². The molecule has 2 atom stereocenters. The molecular weight excluding hydrogens is 298 g/mol. The van der Waals surface area contributed by atoms with Crippen molar-refractivity contribution < 1.29 is 9.59 Å². The Hall–Kier alpha value is -1.40. The molecule has 1 fully saturated rings. The van der Waals surface area contributed by atoms with E-state index in [0.29, 0.717) is 25.6 Å². The van der Waals surface area contributed by atoms with Gasteiger partial charge in [-0.1, -0.05) is 0 Å². The zero-order valence-electron chi connectivity index (χ0n) is 13.2. The first-order valence-electron chi connectivity index (χ1n) is 7.85. The third kappa shape index (κ3) is 3.17. The second-order valence-electron chi connectivity index (χ2n) is 6.36. The van der Waals surface area contributed by atoms with Gasteiger partial charge in [0.2, 0.25) is 11.8 Å². The predicted octanol–water partition coefficient (Wildman–Crippen LogP) is 1.09. The summed E-state index contributed by atoms with van der Waals surface area (Å²) in [6, 6.07) is 2.52. The summed E-state index contributed by atoms with van der Waals surface area (Å²) in [5.41, 5.74) is 1.43. The Labute approximate surface area is 135 Å². The Morgan fingerprint density at radius 3 is 3.09 bits per heavy atom. The Kier molecular flexibility index (Phi) is 4.49. The summed E-state index contributed by atoms with van der Waals surface area (Å²) < 4.78 is 0. The number of rotatable bonds is 4. The summed E-state index contributed by atoms with van der Waals surface area (Å²) in [5.74, 6) is -0.110. The van der Waals surface area contributed by atoms with Crippen molar-refractivity contribution >= 4 is 23.2 Å². The van der Waals surface area contributed by atoms with Gasteiger partial charge in [-0.15, -0.1) is 11.3 Å². The van der Waals surface area contributed by atoms with E-state index in [-0.39, 0.29) is 17.7 Å². The zero-order valence-corrected chi connectivity index (χ0v) is 14.0. The number of carbonyl (C=O) groups excluding carboxylic acids is 2. The van der Waals surface area contributed by atoms with Gasteiger partial charge in [0.15, 0.2) is 0 Å². The summed E-state index contributed by atoms with van der Waals surface area (Å²) >= 11 is 1.84. The van der Waals surface area contributed by atoms with Gasteiger partial charge in [0.05, 0.1) is 5.92 Å². The van der Waals surface area contributed by atoms with Crippen molar-refractivity contribution in [3.8, 4) is 0 Å². The molecule has 22 heavy (non-hydrogen) atoms. The van der Waals surface area contributed by atoms with Gasteiger partial charge >= 0.3 is 0 Å². The molecule has 1 aromatic rings. The van der Waals surface area contributed by atoms with E-state index < -0.39 is 0 Å². The number of hydrogen-bond donors (Lipinski definition) is 1. The van der Waals surface area contributed by atoms with E-state index >= 15 is 0 Å². The Morgan fingerprint density at radius 2 is 2.36 bits per heavy atom. The number of fused-ring (bicyclic) bond motifs is 1. The second-order valence-corrected chi connectivity index (χ2v) is 7.36. The lowest BCUT2D eigenvalue weighted by Gasteiger charge is -2.32. The molecule has 0 spiro atoms. The standard InChI is InChI=1S/C16H23N3O2S/c1-11(19-5-3-14-12(10-19)4-6-22-14)8-17-16(21)13-7-15(20)18(2)9-13/h4,6,11,13H,3,5,7-10H2,1-2H3,(H,17,21). The molecule has 5 nitrogen and oxygen atoms in total. The van der Waals surface area contributed by atoms with Gasteiger partial charge in [-0.2, -0.15) is 0 Å². The topological polar surface area (TPSA) is 52.7 Å². The molecule has 0 saturated carbocycles. The molecule has 2 aliphatic rings. The van der Waals surface area contributed by atoms with Crippen LogP contribution in [0.2, 0.25) is 0 Å². The van der Waals surface area contributed by atoms with Crippen LogP contribution in [-0.2, 0) is 22.6 Å². The molecule has 1 N–H and O–H groups in total. The van der Waals surface area contributed by atoms with E-state index in [1.807, 2.05) is 11.3 Å². The first-order valence-corrected chi connectivity index (χ1v) is 8.73. The van der Waals surface area contributed by atoms with Crippen molar-refractivity contribution in [1.82, 2.24) is 15.1 Å². The molecule has 6 heteroatoms. The lowest BCUT2D eigenvalue weighted by molar-refractivity contribution is -0.128. The van der Waals surface area contributed by atoms with Crippen LogP contribution < -0.4 is 5.32 Å². The van der Waals surface area contributed by atoms with E-state index in [4.69, 9.17) is 0 Å². The SMILES string of the molecule is CC(CNC(=O)C1CC(=O)N(C)C1)N1CCc2sccc2C1. The molecule has 0 aliphatic carbocycles. The summed E-state index contributed by atoms with van der Waals surface area (Å²) in [7, 11) is 1.75. The maximum atomic E-state index is 12.2. The minimum absolute atomic E-state index is 0.0118. The van der Waals surface area contributed by atoms with Crippen LogP contribution in [-0.4, -0.2) is 54.3 Å². The van der Waals surface area contributed by atoms with E-state index in [1.54, 1.807) is 11.9 Å². The molecule has 2 aliphatic heterocycles. The van der Waals surface area contributed by atoms with Crippen molar-refractivity contribution in [1.29, 1.82) is 0 Å². The van der Waals surface area contributed by atoms with E-state index in [0.717, 1.165) is 19.5 Å². The van der Waals surface area contributed by atoms with Crippen LogP contribution in [0.15, 0.2) is 11.4 Å². The quantitative estimate of drug-likeness (QED) is 0.903. The first kappa shape index (κ1) is 15.5. The van der Waals surface area contributed by atoms with Crippen molar-refractivity contribution in [2.75, 3.05) is 26.7 Å². The normalized spacial score (nSPS) is 23.5. The van der Waals surface area contributed by atoms with E-state index in [2.05, 4.69) is 28.6 Å². The van der Waals surface area contributed by atoms with Gasteiger partial charge in [0, 0.05) is 50.6 Å². The number of likely N-dealkylation sites (tertiary alicyclic amines) is 1. The van der Waals surface area contributed by atoms with Crippen molar-refractivity contribution in [2.45, 2.75) is 32.4 Å². The third-order valence-electron chi connectivity index (χ3n) is 4.74. The summed E-state index contributed by atoms with van der Waals surface area (Å²) in [5, 5.41) is 5.18. The molecule has 0 bridgehead atoms. The van der Waals surface area contributed by atoms with Crippen molar-refractivity contribution in [3.05, 3.63) is 21.9 Å². The lowest BCUT2D eigenvalue weighted by atomic mass is 10.1. The van der Waals surface area contributed by atoms with Gasteiger partial charge in [0.25, 0.3) is 0 Å². The Balaban J connectivity index is 1.48. The summed E-state index contributed by atoms with van der Waals surface area (Å²) in [6.45, 7) is 5.37. The molecule has 0 radical (unpaired) electrons. The number of thiophene rings is 1. The number of carbonyl (C=O) groups is 2.